The van der Waals surface area contributed by atoms with Crippen LogP contribution in [-0.4, -0.2) is 28.5 Å². The largest absolute Gasteiger partial charge is 0.484 e. The lowest BCUT2D eigenvalue weighted by molar-refractivity contribution is -0.386. The molecule has 0 aliphatic rings. The van der Waals surface area contributed by atoms with Gasteiger partial charge >= 0.3 is 5.69 Å². The van der Waals surface area contributed by atoms with Crippen molar-refractivity contribution in [3.63, 3.8) is 0 Å². The Kier molecular flexibility index (Phi) is 4.61. The molecular formula is C13H17NO5. The van der Waals surface area contributed by atoms with Crippen LogP contribution in [0.2, 0.25) is 0 Å². The van der Waals surface area contributed by atoms with Gasteiger partial charge in [-0.25, -0.2) is 0 Å². The van der Waals surface area contributed by atoms with Gasteiger partial charge in [-0.1, -0.05) is 13.8 Å². The van der Waals surface area contributed by atoms with E-state index in [1.165, 1.54) is 18.2 Å². The molecule has 19 heavy (non-hydrogen) atoms. The molecule has 0 saturated heterocycles. The Labute approximate surface area is 111 Å². The van der Waals surface area contributed by atoms with Gasteiger partial charge in [0, 0.05) is 11.6 Å². The third kappa shape index (κ3) is 3.75. The van der Waals surface area contributed by atoms with Crippen molar-refractivity contribution in [1.29, 1.82) is 0 Å². The van der Waals surface area contributed by atoms with Gasteiger partial charge in [0.15, 0.2) is 5.75 Å². The monoisotopic (exact) mass is 267 g/mol. The number of hydrogen-bond donors (Lipinski definition) is 1. The average molecular weight is 267 g/mol. The molecule has 1 atom stereocenters. The quantitative estimate of drug-likeness (QED) is 0.484. The molecule has 0 aromatic heterocycles. The highest BCUT2D eigenvalue weighted by molar-refractivity contribution is 5.76. The van der Waals surface area contributed by atoms with Crippen LogP contribution >= 0.6 is 0 Å². The smallest absolute Gasteiger partial charge is 0.310 e. The Morgan fingerprint density at radius 3 is 2.63 bits per heavy atom. The molecule has 0 saturated carbocycles. The van der Waals surface area contributed by atoms with E-state index in [1.807, 2.05) is 13.8 Å². The highest BCUT2D eigenvalue weighted by Crippen LogP contribution is 2.29. The number of nitro groups is 1. The van der Waals surface area contributed by atoms with Crippen molar-refractivity contribution in [3.05, 3.63) is 33.9 Å². The number of aldehydes is 1. The first kappa shape index (κ1) is 15.1. The van der Waals surface area contributed by atoms with E-state index in [9.17, 15) is 20.0 Å². The summed E-state index contributed by atoms with van der Waals surface area (Å²) in [6, 6.07) is 3.85. The standard InChI is InChI=1S/C13H17NO5/c1-9(2)13(3,16)8-19-12-6-10(7-15)4-5-11(12)14(17)18/h4-7,9,16H,8H2,1-3H3. The zero-order valence-electron chi connectivity index (χ0n) is 11.1. The summed E-state index contributed by atoms with van der Waals surface area (Å²) in [6.07, 6.45) is 0.581. The summed E-state index contributed by atoms with van der Waals surface area (Å²) in [5, 5.41) is 20.9. The van der Waals surface area contributed by atoms with Crippen molar-refractivity contribution >= 4 is 12.0 Å². The first-order valence-electron chi connectivity index (χ1n) is 5.86. The number of benzene rings is 1. The fraction of sp³-hybridized carbons (Fsp3) is 0.462. The lowest BCUT2D eigenvalue weighted by Crippen LogP contribution is -2.37. The molecule has 0 aliphatic carbocycles. The Balaban J connectivity index is 2.98. The summed E-state index contributed by atoms with van der Waals surface area (Å²) in [5.41, 5.74) is -1.06. The highest BCUT2D eigenvalue weighted by atomic mass is 16.6. The minimum Gasteiger partial charge on any atom is -0.484 e. The number of rotatable bonds is 6. The molecule has 1 unspecified atom stereocenters. The minimum atomic E-state index is -1.11. The number of hydrogen-bond acceptors (Lipinski definition) is 5. The van der Waals surface area contributed by atoms with Crippen molar-refractivity contribution in [2.24, 2.45) is 5.92 Å². The molecule has 0 bridgehead atoms. The summed E-state index contributed by atoms with van der Waals surface area (Å²) >= 11 is 0. The summed E-state index contributed by atoms with van der Waals surface area (Å²) in [6.45, 7) is 5.14. The maximum absolute atomic E-state index is 10.9. The van der Waals surface area contributed by atoms with Crippen LogP contribution in [0.25, 0.3) is 0 Å². The molecule has 0 amide bonds. The number of nitrogens with zero attached hydrogens (tertiary/aromatic N) is 1. The van der Waals surface area contributed by atoms with Crippen LogP contribution in [0.5, 0.6) is 5.75 Å². The second kappa shape index (κ2) is 5.79. The molecular weight excluding hydrogens is 250 g/mol. The number of carbonyl (C=O) groups excluding carboxylic acids is 1. The van der Waals surface area contributed by atoms with Crippen LogP contribution in [0.15, 0.2) is 18.2 Å². The maximum Gasteiger partial charge on any atom is 0.310 e. The van der Waals surface area contributed by atoms with Gasteiger partial charge in [0.1, 0.15) is 12.9 Å². The Hall–Kier alpha value is -1.95. The van der Waals surface area contributed by atoms with E-state index in [2.05, 4.69) is 0 Å². The summed E-state index contributed by atoms with van der Waals surface area (Å²) in [5.74, 6) is -0.0867. The van der Waals surface area contributed by atoms with Crippen molar-refractivity contribution in [2.45, 2.75) is 26.4 Å². The van der Waals surface area contributed by atoms with Crippen LogP contribution in [0.3, 0.4) is 0 Å². The molecule has 1 N–H and O–H groups in total. The highest BCUT2D eigenvalue weighted by Gasteiger charge is 2.27. The molecule has 104 valence electrons. The van der Waals surface area contributed by atoms with E-state index < -0.39 is 10.5 Å². The summed E-state index contributed by atoms with van der Waals surface area (Å²) in [4.78, 5) is 20.9. The van der Waals surface area contributed by atoms with E-state index in [-0.39, 0.29) is 29.5 Å². The Morgan fingerprint density at radius 1 is 1.53 bits per heavy atom. The third-order valence-corrected chi connectivity index (χ3v) is 3.08. The van der Waals surface area contributed by atoms with Gasteiger partial charge in [-0.3, -0.25) is 14.9 Å². The van der Waals surface area contributed by atoms with Gasteiger partial charge in [0.05, 0.1) is 10.5 Å². The number of ether oxygens (including phenoxy) is 1. The van der Waals surface area contributed by atoms with E-state index in [0.29, 0.717) is 6.29 Å². The molecule has 1 aromatic carbocycles. The van der Waals surface area contributed by atoms with Gasteiger partial charge in [0.2, 0.25) is 0 Å². The number of nitro benzene ring substituents is 1. The van der Waals surface area contributed by atoms with Gasteiger partial charge in [-0.15, -0.1) is 0 Å². The van der Waals surface area contributed by atoms with E-state index in [1.54, 1.807) is 6.92 Å². The van der Waals surface area contributed by atoms with Gasteiger partial charge < -0.3 is 9.84 Å². The van der Waals surface area contributed by atoms with E-state index in [0.717, 1.165) is 0 Å². The zero-order chi connectivity index (χ0) is 14.6. The Bertz CT molecular complexity index is 482. The molecule has 0 fully saturated rings. The van der Waals surface area contributed by atoms with Crippen molar-refractivity contribution in [1.82, 2.24) is 0 Å². The van der Waals surface area contributed by atoms with Crippen LogP contribution in [-0.2, 0) is 0 Å². The molecule has 0 aliphatic heterocycles. The van der Waals surface area contributed by atoms with Crippen LogP contribution in [0, 0.1) is 16.0 Å². The van der Waals surface area contributed by atoms with E-state index >= 15 is 0 Å². The molecule has 0 radical (unpaired) electrons. The SMILES string of the molecule is CC(C)C(C)(O)COc1cc(C=O)ccc1[N+](=O)[O-]. The summed E-state index contributed by atoms with van der Waals surface area (Å²) in [7, 11) is 0. The Morgan fingerprint density at radius 2 is 2.16 bits per heavy atom. The third-order valence-electron chi connectivity index (χ3n) is 3.08. The number of carbonyl (C=O) groups is 1. The van der Waals surface area contributed by atoms with Crippen LogP contribution in [0.1, 0.15) is 31.1 Å². The molecule has 6 heteroatoms. The normalized spacial score (nSPS) is 13.9. The first-order chi connectivity index (χ1) is 8.77. The number of aliphatic hydroxyl groups is 1. The lowest BCUT2D eigenvalue weighted by Gasteiger charge is -2.27. The van der Waals surface area contributed by atoms with Crippen molar-refractivity contribution in [2.75, 3.05) is 6.61 Å². The zero-order valence-corrected chi connectivity index (χ0v) is 11.1. The maximum atomic E-state index is 10.9. The van der Waals surface area contributed by atoms with Gasteiger partial charge in [-0.05, 0) is 25.0 Å². The fourth-order valence-corrected chi connectivity index (χ4v) is 1.26. The van der Waals surface area contributed by atoms with Crippen LogP contribution in [0.4, 0.5) is 5.69 Å². The van der Waals surface area contributed by atoms with Crippen molar-refractivity contribution in [3.8, 4) is 5.75 Å². The van der Waals surface area contributed by atoms with Gasteiger partial charge in [-0.2, -0.15) is 0 Å². The predicted molar refractivity (Wildman–Crippen MR) is 69.4 cm³/mol. The molecule has 1 rings (SSSR count). The fourth-order valence-electron chi connectivity index (χ4n) is 1.26. The minimum absolute atomic E-state index is 0.0180. The molecule has 0 heterocycles. The molecule has 6 nitrogen and oxygen atoms in total. The first-order valence-corrected chi connectivity index (χ1v) is 5.86. The van der Waals surface area contributed by atoms with Gasteiger partial charge in [0.25, 0.3) is 0 Å². The lowest BCUT2D eigenvalue weighted by atomic mass is 9.94. The van der Waals surface area contributed by atoms with E-state index in [4.69, 9.17) is 4.74 Å². The summed E-state index contributed by atoms with van der Waals surface area (Å²) < 4.78 is 5.32. The van der Waals surface area contributed by atoms with Crippen molar-refractivity contribution < 1.29 is 19.6 Å². The van der Waals surface area contributed by atoms with Crippen LogP contribution < -0.4 is 4.74 Å². The predicted octanol–water partition coefficient (Wildman–Crippen LogP) is 2.19. The second-order valence-electron chi connectivity index (χ2n) is 4.90. The molecule has 0 spiro atoms. The second-order valence-corrected chi connectivity index (χ2v) is 4.90. The molecule has 1 aromatic rings. The average Bonchev–Trinajstić information content (AvgIpc) is 2.35. The topological polar surface area (TPSA) is 89.7 Å².